The van der Waals surface area contributed by atoms with Crippen molar-refractivity contribution in [2.24, 2.45) is 5.10 Å². The summed E-state index contributed by atoms with van der Waals surface area (Å²) in [6.45, 7) is 0. The third-order valence-electron chi connectivity index (χ3n) is 6.92. The van der Waals surface area contributed by atoms with Crippen LogP contribution in [0.3, 0.4) is 0 Å². The molecule has 7 nitrogen and oxygen atoms in total. The average Bonchev–Trinajstić information content (AvgIpc) is 3.33. The highest BCUT2D eigenvalue weighted by Gasteiger charge is 2.33. The molecule has 7 heteroatoms. The largest absolute Gasteiger partial charge is 0.481 e. The molecule has 0 saturated heterocycles. The molecule has 1 fully saturated rings. The number of rotatable bonds is 6. The van der Waals surface area contributed by atoms with E-state index in [-0.39, 0.29) is 24.8 Å². The highest BCUT2D eigenvalue weighted by Crippen LogP contribution is 2.36. The number of aliphatic carboxylic acids is 1. The zero-order chi connectivity index (χ0) is 23.5. The molecule has 1 aromatic heterocycles. The van der Waals surface area contributed by atoms with E-state index in [0.717, 1.165) is 27.9 Å². The maximum absolute atomic E-state index is 13.0. The van der Waals surface area contributed by atoms with Gasteiger partial charge < -0.3 is 5.11 Å². The molecule has 174 valence electrons. The molecule has 2 heterocycles. The molecule has 2 aliphatic rings. The minimum Gasteiger partial charge on any atom is -0.481 e. The number of carboxylic acids is 1. The molecule has 34 heavy (non-hydrogen) atoms. The molecular weight excluding hydrogens is 428 g/mol. The second-order valence-corrected chi connectivity index (χ2v) is 9.16. The number of benzene rings is 2. The van der Waals surface area contributed by atoms with E-state index in [4.69, 9.17) is 5.11 Å². The van der Waals surface area contributed by atoms with E-state index in [1.807, 2.05) is 18.2 Å². The normalized spacial score (nSPS) is 18.8. The van der Waals surface area contributed by atoms with Crippen LogP contribution in [0.5, 0.6) is 0 Å². The van der Waals surface area contributed by atoms with Crippen molar-refractivity contribution >= 4 is 28.6 Å². The molecule has 2 aromatic carbocycles. The molecule has 1 N–H and O–H groups in total. The Balaban J connectivity index is 1.42. The Hall–Kier alpha value is -3.61. The highest BCUT2D eigenvalue weighted by molar-refractivity contribution is 6.03. The zero-order valence-corrected chi connectivity index (χ0v) is 19.1. The SMILES string of the molecule is O=C(O)CCC(=O)N1N=C(c2ccc(C3CCCCC3)cc2)CC1c1ccc2nccnc2c1. The zero-order valence-electron chi connectivity index (χ0n) is 19.1. The van der Waals surface area contributed by atoms with Gasteiger partial charge in [-0.3, -0.25) is 19.6 Å². The molecule has 1 amide bonds. The van der Waals surface area contributed by atoms with E-state index in [9.17, 15) is 9.59 Å². The van der Waals surface area contributed by atoms with Crippen molar-refractivity contribution in [1.29, 1.82) is 0 Å². The van der Waals surface area contributed by atoms with Crippen LogP contribution < -0.4 is 0 Å². The molecule has 1 saturated carbocycles. The number of hydrogen-bond acceptors (Lipinski definition) is 5. The quantitative estimate of drug-likeness (QED) is 0.549. The Morgan fingerprint density at radius 2 is 1.59 bits per heavy atom. The summed E-state index contributed by atoms with van der Waals surface area (Å²) >= 11 is 0. The van der Waals surface area contributed by atoms with Gasteiger partial charge in [0, 0.05) is 25.2 Å². The average molecular weight is 457 g/mol. The Labute approximate surface area is 198 Å². The van der Waals surface area contributed by atoms with E-state index in [1.165, 1.54) is 42.7 Å². The standard InChI is InChI=1S/C27H28N4O3/c32-26(12-13-27(33)34)31-25(21-10-11-22-24(16-21)29-15-14-28-22)17-23(30-31)20-8-6-19(7-9-20)18-4-2-1-3-5-18/h6-11,14-16,18,25H,1-5,12-13,17H2,(H,33,34). The summed E-state index contributed by atoms with van der Waals surface area (Å²) in [5.41, 5.74) is 5.66. The molecule has 0 radical (unpaired) electrons. The van der Waals surface area contributed by atoms with Crippen LogP contribution in [0.25, 0.3) is 11.0 Å². The number of nitrogens with zero attached hydrogens (tertiary/aromatic N) is 4. The third-order valence-corrected chi connectivity index (χ3v) is 6.92. The van der Waals surface area contributed by atoms with E-state index in [0.29, 0.717) is 12.3 Å². The molecular formula is C27H28N4O3. The molecule has 1 unspecified atom stereocenters. The van der Waals surface area contributed by atoms with Gasteiger partial charge in [-0.2, -0.15) is 5.10 Å². The minimum atomic E-state index is -0.993. The van der Waals surface area contributed by atoms with Crippen molar-refractivity contribution in [1.82, 2.24) is 15.0 Å². The van der Waals surface area contributed by atoms with E-state index >= 15 is 0 Å². The lowest BCUT2D eigenvalue weighted by atomic mass is 9.83. The van der Waals surface area contributed by atoms with Crippen LogP contribution in [-0.4, -0.2) is 37.7 Å². The van der Waals surface area contributed by atoms with Crippen LogP contribution in [0.1, 0.15) is 80.0 Å². The highest BCUT2D eigenvalue weighted by atomic mass is 16.4. The molecule has 1 aliphatic heterocycles. The molecule has 3 aromatic rings. The first-order valence-electron chi connectivity index (χ1n) is 12.0. The Bertz CT molecular complexity index is 1230. The van der Waals surface area contributed by atoms with Crippen LogP contribution in [0.2, 0.25) is 0 Å². The van der Waals surface area contributed by atoms with Crippen molar-refractivity contribution in [3.8, 4) is 0 Å². The monoisotopic (exact) mass is 456 g/mol. The van der Waals surface area contributed by atoms with Crippen molar-refractivity contribution in [3.63, 3.8) is 0 Å². The van der Waals surface area contributed by atoms with E-state index in [1.54, 1.807) is 12.4 Å². The first kappa shape index (κ1) is 22.2. The van der Waals surface area contributed by atoms with Gasteiger partial charge in [0.1, 0.15) is 0 Å². The van der Waals surface area contributed by atoms with Crippen LogP contribution in [0, 0.1) is 0 Å². The van der Waals surface area contributed by atoms with E-state index in [2.05, 4.69) is 39.3 Å². The number of hydrogen-bond donors (Lipinski definition) is 1. The van der Waals surface area contributed by atoms with Crippen LogP contribution in [0.15, 0.2) is 60.0 Å². The summed E-state index contributed by atoms with van der Waals surface area (Å²) in [6.07, 6.45) is 9.98. The van der Waals surface area contributed by atoms with Crippen molar-refractivity contribution in [3.05, 3.63) is 71.5 Å². The number of carboxylic acid groups (broad SMARTS) is 1. The fraction of sp³-hybridized carbons (Fsp3) is 0.370. The Kier molecular flexibility index (Phi) is 6.34. The lowest BCUT2D eigenvalue weighted by molar-refractivity contribution is -0.141. The fourth-order valence-corrected chi connectivity index (χ4v) is 5.07. The Morgan fingerprint density at radius 1 is 0.882 bits per heavy atom. The second-order valence-electron chi connectivity index (χ2n) is 9.16. The number of aromatic nitrogens is 2. The summed E-state index contributed by atoms with van der Waals surface area (Å²) in [4.78, 5) is 32.7. The van der Waals surface area contributed by atoms with Gasteiger partial charge in [0.15, 0.2) is 0 Å². The summed E-state index contributed by atoms with van der Waals surface area (Å²) in [5, 5.41) is 15.2. The molecule has 0 spiro atoms. The summed E-state index contributed by atoms with van der Waals surface area (Å²) in [5.74, 6) is -0.651. The Morgan fingerprint density at radius 3 is 2.32 bits per heavy atom. The van der Waals surface area contributed by atoms with Crippen molar-refractivity contribution < 1.29 is 14.7 Å². The topological polar surface area (TPSA) is 95.8 Å². The van der Waals surface area contributed by atoms with Gasteiger partial charge in [-0.15, -0.1) is 0 Å². The lowest BCUT2D eigenvalue weighted by Crippen LogP contribution is -2.27. The van der Waals surface area contributed by atoms with Crippen LogP contribution >= 0.6 is 0 Å². The predicted molar refractivity (Wildman–Crippen MR) is 129 cm³/mol. The molecule has 5 rings (SSSR count). The van der Waals surface area contributed by atoms with Gasteiger partial charge in [0.2, 0.25) is 5.91 Å². The maximum Gasteiger partial charge on any atom is 0.303 e. The summed E-state index contributed by atoms with van der Waals surface area (Å²) in [6, 6.07) is 14.1. The maximum atomic E-state index is 13.0. The summed E-state index contributed by atoms with van der Waals surface area (Å²) < 4.78 is 0. The number of carbonyl (C=O) groups excluding carboxylic acids is 1. The van der Waals surface area contributed by atoms with Crippen molar-refractivity contribution in [2.75, 3.05) is 0 Å². The van der Waals surface area contributed by atoms with Gasteiger partial charge in [-0.05, 0) is 47.6 Å². The molecule has 1 atom stereocenters. The van der Waals surface area contributed by atoms with Gasteiger partial charge >= 0.3 is 5.97 Å². The minimum absolute atomic E-state index is 0.0867. The molecule has 1 aliphatic carbocycles. The smallest absolute Gasteiger partial charge is 0.303 e. The van der Waals surface area contributed by atoms with Gasteiger partial charge in [-0.1, -0.05) is 49.6 Å². The number of carbonyl (C=O) groups is 2. The van der Waals surface area contributed by atoms with Crippen LogP contribution in [0.4, 0.5) is 0 Å². The van der Waals surface area contributed by atoms with Gasteiger partial charge in [0.25, 0.3) is 0 Å². The first-order chi connectivity index (χ1) is 16.6. The second kappa shape index (κ2) is 9.71. The predicted octanol–water partition coefficient (Wildman–Crippen LogP) is 5.22. The van der Waals surface area contributed by atoms with Gasteiger partial charge in [-0.25, -0.2) is 5.01 Å². The fourth-order valence-electron chi connectivity index (χ4n) is 5.07. The van der Waals surface area contributed by atoms with Crippen LogP contribution in [-0.2, 0) is 9.59 Å². The van der Waals surface area contributed by atoms with Gasteiger partial charge in [0.05, 0.1) is 29.2 Å². The van der Waals surface area contributed by atoms with Crippen molar-refractivity contribution in [2.45, 2.75) is 63.3 Å². The number of amides is 1. The van der Waals surface area contributed by atoms with E-state index < -0.39 is 5.97 Å². The number of fused-ring (bicyclic) bond motifs is 1. The first-order valence-corrected chi connectivity index (χ1v) is 12.0. The number of hydrazone groups is 1. The molecule has 0 bridgehead atoms. The summed E-state index contributed by atoms with van der Waals surface area (Å²) in [7, 11) is 0. The lowest BCUT2D eigenvalue weighted by Gasteiger charge is -2.22. The third kappa shape index (κ3) is 4.69.